The van der Waals surface area contributed by atoms with E-state index in [1.165, 1.54) is 0 Å². The van der Waals surface area contributed by atoms with Gasteiger partial charge >= 0.3 is 0 Å². The molecule has 1 saturated carbocycles. The summed E-state index contributed by atoms with van der Waals surface area (Å²) in [5.74, 6) is 0.339. The van der Waals surface area contributed by atoms with Gasteiger partial charge in [0.05, 0.1) is 0 Å². The van der Waals surface area contributed by atoms with Crippen molar-refractivity contribution in [2.75, 3.05) is 17.2 Å². The van der Waals surface area contributed by atoms with Gasteiger partial charge in [-0.1, -0.05) is 34.6 Å². The molecule has 0 aromatic heterocycles. The molecule has 0 aliphatic heterocycles. The predicted octanol–water partition coefficient (Wildman–Crippen LogP) is 3.69. The zero-order valence-corrected chi connectivity index (χ0v) is 13.2. The first-order valence-electron chi connectivity index (χ1n) is 7.40. The number of hydrogen-bond donors (Lipinski definition) is 1. The Kier molecular flexibility index (Phi) is 3.57. The SMILES string of the molecule is CCCN(C(=O)C1C(C)(C)C1(C)C)c1ccc(N)cc1. The molecular weight excluding hydrogens is 248 g/mol. The van der Waals surface area contributed by atoms with Crippen LogP contribution in [-0.4, -0.2) is 12.5 Å². The van der Waals surface area contributed by atoms with E-state index < -0.39 is 0 Å². The topological polar surface area (TPSA) is 46.3 Å². The van der Waals surface area contributed by atoms with E-state index in [9.17, 15) is 4.79 Å². The van der Waals surface area contributed by atoms with E-state index in [-0.39, 0.29) is 22.7 Å². The van der Waals surface area contributed by atoms with E-state index in [1.807, 2.05) is 29.2 Å². The van der Waals surface area contributed by atoms with Crippen LogP contribution in [0, 0.1) is 16.7 Å². The van der Waals surface area contributed by atoms with Gasteiger partial charge in [-0.2, -0.15) is 0 Å². The van der Waals surface area contributed by atoms with Crippen molar-refractivity contribution in [2.45, 2.75) is 41.0 Å². The number of nitrogen functional groups attached to an aromatic ring is 1. The molecule has 3 heteroatoms. The molecule has 0 heterocycles. The maximum Gasteiger partial charge on any atom is 0.231 e. The molecule has 2 rings (SSSR count). The highest BCUT2D eigenvalue weighted by Crippen LogP contribution is 2.68. The number of hydrogen-bond acceptors (Lipinski definition) is 2. The summed E-state index contributed by atoms with van der Waals surface area (Å²) in [5.41, 5.74) is 7.55. The van der Waals surface area contributed by atoms with Gasteiger partial charge in [-0.25, -0.2) is 0 Å². The highest BCUT2D eigenvalue weighted by atomic mass is 16.2. The average Bonchev–Trinajstić information content (AvgIpc) is 2.77. The summed E-state index contributed by atoms with van der Waals surface area (Å²) < 4.78 is 0. The standard InChI is InChI=1S/C17H26N2O/c1-6-11-19(13-9-7-12(18)8-10-13)15(20)14-16(2,3)17(14,4)5/h7-10,14H,6,11,18H2,1-5H3. The quantitative estimate of drug-likeness (QED) is 0.851. The molecule has 20 heavy (non-hydrogen) atoms. The lowest BCUT2D eigenvalue weighted by molar-refractivity contribution is -0.120. The lowest BCUT2D eigenvalue weighted by Crippen LogP contribution is -2.34. The normalized spacial score (nSPS) is 19.6. The van der Waals surface area contributed by atoms with E-state index >= 15 is 0 Å². The molecule has 1 aromatic carbocycles. The number of amides is 1. The van der Waals surface area contributed by atoms with Gasteiger partial charge in [-0.05, 0) is 41.5 Å². The van der Waals surface area contributed by atoms with Crippen LogP contribution >= 0.6 is 0 Å². The van der Waals surface area contributed by atoms with E-state index in [0.29, 0.717) is 0 Å². The van der Waals surface area contributed by atoms with E-state index in [2.05, 4.69) is 34.6 Å². The molecule has 1 amide bonds. The van der Waals surface area contributed by atoms with Crippen LogP contribution in [0.4, 0.5) is 11.4 Å². The molecule has 0 spiro atoms. The second-order valence-corrected chi connectivity index (χ2v) is 6.96. The third kappa shape index (κ3) is 2.19. The van der Waals surface area contributed by atoms with Crippen LogP contribution < -0.4 is 10.6 Å². The fraction of sp³-hybridized carbons (Fsp3) is 0.588. The van der Waals surface area contributed by atoms with Crippen LogP contribution in [0.2, 0.25) is 0 Å². The summed E-state index contributed by atoms with van der Waals surface area (Å²) in [6, 6.07) is 7.58. The monoisotopic (exact) mass is 274 g/mol. The summed E-state index contributed by atoms with van der Waals surface area (Å²) in [5, 5.41) is 0. The predicted molar refractivity (Wildman–Crippen MR) is 84.6 cm³/mol. The Bertz CT molecular complexity index is 488. The highest BCUT2D eigenvalue weighted by molar-refractivity contribution is 5.98. The number of rotatable bonds is 4. The molecule has 0 radical (unpaired) electrons. The Labute approximate surface area is 122 Å². The number of anilines is 2. The molecule has 2 N–H and O–H groups in total. The Morgan fingerprint density at radius 3 is 2.05 bits per heavy atom. The van der Waals surface area contributed by atoms with Gasteiger partial charge in [0.2, 0.25) is 5.91 Å². The smallest absolute Gasteiger partial charge is 0.231 e. The largest absolute Gasteiger partial charge is 0.399 e. The molecule has 0 unspecified atom stereocenters. The number of benzene rings is 1. The second-order valence-electron chi connectivity index (χ2n) is 6.96. The van der Waals surface area contributed by atoms with E-state index in [0.717, 1.165) is 24.3 Å². The number of nitrogens with two attached hydrogens (primary N) is 1. The van der Waals surface area contributed by atoms with Crippen LogP contribution in [0.25, 0.3) is 0 Å². The minimum Gasteiger partial charge on any atom is -0.399 e. The Balaban J connectivity index is 2.26. The van der Waals surface area contributed by atoms with Gasteiger partial charge in [0.1, 0.15) is 0 Å². The molecule has 0 saturated heterocycles. The summed E-state index contributed by atoms with van der Waals surface area (Å²) in [4.78, 5) is 14.8. The highest BCUT2D eigenvalue weighted by Gasteiger charge is 2.68. The van der Waals surface area contributed by atoms with Crippen LogP contribution in [0.15, 0.2) is 24.3 Å². The molecule has 0 atom stereocenters. The van der Waals surface area contributed by atoms with Gasteiger partial charge in [0, 0.05) is 23.8 Å². The first-order valence-corrected chi connectivity index (χ1v) is 7.40. The maximum absolute atomic E-state index is 12.9. The van der Waals surface area contributed by atoms with Crippen molar-refractivity contribution < 1.29 is 4.79 Å². The third-order valence-electron chi connectivity index (χ3n) is 5.19. The molecule has 1 aliphatic rings. The molecule has 1 aliphatic carbocycles. The Morgan fingerprint density at radius 2 is 1.65 bits per heavy atom. The molecule has 0 bridgehead atoms. The van der Waals surface area contributed by atoms with Crippen LogP contribution in [0.1, 0.15) is 41.0 Å². The van der Waals surface area contributed by atoms with Gasteiger partial charge < -0.3 is 10.6 Å². The number of nitrogens with zero attached hydrogens (tertiary/aromatic N) is 1. The van der Waals surface area contributed by atoms with Gasteiger partial charge in [-0.15, -0.1) is 0 Å². The van der Waals surface area contributed by atoms with Crippen molar-refractivity contribution in [2.24, 2.45) is 16.7 Å². The zero-order valence-electron chi connectivity index (χ0n) is 13.2. The van der Waals surface area contributed by atoms with E-state index in [1.54, 1.807) is 0 Å². The first-order chi connectivity index (χ1) is 9.23. The number of carbonyl (C=O) groups excluding carboxylic acids is 1. The van der Waals surface area contributed by atoms with Crippen molar-refractivity contribution in [3.05, 3.63) is 24.3 Å². The van der Waals surface area contributed by atoms with Crippen molar-refractivity contribution in [1.82, 2.24) is 0 Å². The summed E-state index contributed by atoms with van der Waals surface area (Å²) in [6.07, 6.45) is 0.948. The summed E-state index contributed by atoms with van der Waals surface area (Å²) >= 11 is 0. The van der Waals surface area contributed by atoms with Crippen molar-refractivity contribution >= 4 is 17.3 Å². The lowest BCUT2D eigenvalue weighted by Gasteiger charge is -2.23. The van der Waals surface area contributed by atoms with Gasteiger partial charge in [0.25, 0.3) is 0 Å². The Morgan fingerprint density at radius 1 is 1.15 bits per heavy atom. The minimum atomic E-state index is 0.0733. The Hall–Kier alpha value is -1.51. The first kappa shape index (κ1) is 14.9. The summed E-state index contributed by atoms with van der Waals surface area (Å²) in [6.45, 7) is 11.6. The molecule has 3 nitrogen and oxygen atoms in total. The molecular formula is C17H26N2O. The number of carbonyl (C=O) groups is 1. The maximum atomic E-state index is 12.9. The van der Waals surface area contributed by atoms with Gasteiger partial charge in [-0.3, -0.25) is 4.79 Å². The third-order valence-corrected chi connectivity index (χ3v) is 5.19. The fourth-order valence-electron chi connectivity index (χ4n) is 3.21. The zero-order chi connectivity index (χ0) is 15.1. The van der Waals surface area contributed by atoms with Crippen molar-refractivity contribution in [1.29, 1.82) is 0 Å². The molecule has 110 valence electrons. The second kappa shape index (κ2) is 4.80. The van der Waals surface area contributed by atoms with E-state index in [4.69, 9.17) is 5.73 Å². The van der Waals surface area contributed by atoms with Crippen LogP contribution in [-0.2, 0) is 4.79 Å². The fourth-order valence-corrected chi connectivity index (χ4v) is 3.21. The van der Waals surface area contributed by atoms with Crippen LogP contribution in [0.5, 0.6) is 0 Å². The average molecular weight is 274 g/mol. The van der Waals surface area contributed by atoms with Gasteiger partial charge in [0.15, 0.2) is 0 Å². The minimum absolute atomic E-state index is 0.0733. The molecule has 1 fully saturated rings. The van der Waals surface area contributed by atoms with Crippen molar-refractivity contribution in [3.8, 4) is 0 Å². The lowest BCUT2D eigenvalue weighted by atomic mass is 10.0. The molecule has 1 aromatic rings. The van der Waals surface area contributed by atoms with Crippen LogP contribution in [0.3, 0.4) is 0 Å². The summed E-state index contributed by atoms with van der Waals surface area (Å²) in [7, 11) is 0. The van der Waals surface area contributed by atoms with Crippen molar-refractivity contribution in [3.63, 3.8) is 0 Å².